The van der Waals surface area contributed by atoms with Crippen LogP contribution >= 0.6 is 11.6 Å². The van der Waals surface area contributed by atoms with Gasteiger partial charge in [0.15, 0.2) is 0 Å². The van der Waals surface area contributed by atoms with Crippen LogP contribution in [0.5, 0.6) is 0 Å². The van der Waals surface area contributed by atoms with Crippen LogP contribution in [0.25, 0.3) is 0 Å². The fraction of sp³-hybridized carbons (Fsp3) is 1.00. The van der Waals surface area contributed by atoms with E-state index in [0.717, 1.165) is 25.7 Å². The number of hydrogen-bond acceptors (Lipinski definition) is 1. The molecule has 0 radical (unpaired) electrons. The van der Waals surface area contributed by atoms with Gasteiger partial charge in [-0.05, 0) is 19.3 Å². The minimum absolute atomic E-state index is 0.321. The minimum Gasteiger partial charge on any atom is -0.396 e. The SMILES string of the molecule is CCCC[C@@H](Cl)CCCCCO. The maximum Gasteiger partial charge on any atom is 0.0431 e. The van der Waals surface area contributed by atoms with Crippen molar-refractivity contribution in [2.24, 2.45) is 0 Å². The zero-order valence-electron chi connectivity index (χ0n) is 8.06. The van der Waals surface area contributed by atoms with Crippen LogP contribution in [0.15, 0.2) is 0 Å². The van der Waals surface area contributed by atoms with Gasteiger partial charge >= 0.3 is 0 Å². The van der Waals surface area contributed by atoms with Crippen molar-refractivity contribution in [1.29, 1.82) is 0 Å². The Labute approximate surface area is 81.1 Å². The Hall–Kier alpha value is 0.250. The van der Waals surface area contributed by atoms with Crippen LogP contribution in [-0.4, -0.2) is 17.1 Å². The molecule has 0 rings (SSSR count). The van der Waals surface area contributed by atoms with Gasteiger partial charge in [-0.1, -0.05) is 32.6 Å². The Bertz CT molecular complexity index is 85.9. The Kier molecular flexibility index (Phi) is 9.53. The number of aliphatic hydroxyl groups excluding tert-OH is 1. The average Bonchev–Trinajstić information content (AvgIpc) is 2.09. The van der Waals surface area contributed by atoms with Crippen molar-refractivity contribution in [2.75, 3.05) is 6.61 Å². The van der Waals surface area contributed by atoms with E-state index >= 15 is 0 Å². The smallest absolute Gasteiger partial charge is 0.0431 e. The topological polar surface area (TPSA) is 20.2 Å². The van der Waals surface area contributed by atoms with Crippen molar-refractivity contribution >= 4 is 11.6 Å². The number of rotatable bonds is 8. The lowest BCUT2D eigenvalue weighted by Crippen LogP contribution is -1.98. The number of aliphatic hydroxyl groups is 1. The predicted octanol–water partition coefficient (Wildman–Crippen LogP) is 3.34. The van der Waals surface area contributed by atoms with E-state index in [-0.39, 0.29) is 0 Å². The van der Waals surface area contributed by atoms with Crippen LogP contribution in [0, 0.1) is 0 Å². The second-order valence-electron chi connectivity index (χ2n) is 3.31. The van der Waals surface area contributed by atoms with Crippen molar-refractivity contribution in [3.8, 4) is 0 Å². The maximum atomic E-state index is 8.54. The Morgan fingerprint density at radius 2 is 1.75 bits per heavy atom. The second-order valence-corrected chi connectivity index (χ2v) is 3.93. The van der Waals surface area contributed by atoms with E-state index in [4.69, 9.17) is 16.7 Å². The summed E-state index contributed by atoms with van der Waals surface area (Å²) in [5.74, 6) is 0. The van der Waals surface area contributed by atoms with Crippen LogP contribution in [0.3, 0.4) is 0 Å². The van der Waals surface area contributed by atoms with Crippen LogP contribution < -0.4 is 0 Å². The quantitative estimate of drug-likeness (QED) is 0.462. The zero-order valence-corrected chi connectivity index (χ0v) is 8.82. The van der Waals surface area contributed by atoms with Crippen molar-refractivity contribution in [2.45, 2.75) is 57.2 Å². The van der Waals surface area contributed by atoms with Crippen LogP contribution in [0.2, 0.25) is 0 Å². The molecule has 2 heteroatoms. The molecule has 0 heterocycles. The largest absolute Gasteiger partial charge is 0.396 e. The summed E-state index contributed by atoms with van der Waals surface area (Å²) < 4.78 is 0. The van der Waals surface area contributed by atoms with Crippen molar-refractivity contribution in [3.63, 3.8) is 0 Å². The molecule has 74 valence electrons. The summed E-state index contributed by atoms with van der Waals surface area (Å²) in [4.78, 5) is 0. The van der Waals surface area contributed by atoms with Crippen molar-refractivity contribution in [3.05, 3.63) is 0 Å². The summed E-state index contributed by atoms with van der Waals surface area (Å²) >= 11 is 6.08. The summed E-state index contributed by atoms with van der Waals surface area (Å²) in [6.45, 7) is 2.51. The van der Waals surface area contributed by atoms with Crippen molar-refractivity contribution < 1.29 is 5.11 Å². The third-order valence-corrected chi connectivity index (χ3v) is 2.48. The van der Waals surface area contributed by atoms with E-state index in [1.807, 2.05) is 0 Å². The number of hydrogen-bond donors (Lipinski definition) is 1. The van der Waals surface area contributed by atoms with Gasteiger partial charge < -0.3 is 5.11 Å². The second kappa shape index (κ2) is 9.34. The van der Waals surface area contributed by atoms with Gasteiger partial charge in [-0.3, -0.25) is 0 Å². The summed E-state index contributed by atoms with van der Waals surface area (Å²) in [6.07, 6.45) is 7.95. The lowest BCUT2D eigenvalue weighted by atomic mass is 10.1. The molecule has 0 bridgehead atoms. The Morgan fingerprint density at radius 1 is 1.08 bits per heavy atom. The van der Waals surface area contributed by atoms with Gasteiger partial charge in [0.2, 0.25) is 0 Å². The summed E-state index contributed by atoms with van der Waals surface area (Å²) in [7, 11) is 0. The molecule has 0 aromatic carbocycles. The first-order chi connectivity index (χ1) is 5.81. The molecule has 0 saturated heterocycles. The highest BCUT2D eigenvalue weighted by molar-refractivity contribution is 6.20. The first kappa shape index (κ1) is 12.2. The van der Waals surface area contributed by atoms with Crippen LogP contribution in [-0.2, 0) is 0 Å². The molecule has 1 N–H and O–H groups in total. The number of halogens is 1. The molecule has 0 unspecified atom stereocenters. The molecule has 0 aromatic rings. The van der Waals surface area contributed by atoms with Gasteiger partial charge in [0.25, 0.3) is 0 Å². The van der Waals surface area contributed by atoms with Gasteiger partial charge in [-0.15, -0.1) is 11.6 Å². The highest BCUT2D eigenvalue weighted by atomic mass is 35.5. The lowest BCUT2D eigenvalue weighted by Gasteiger charge is -2.07. The van der Waals surface area contributed by atoms with Gasteiger partial charge in [-0.2, -0.15) is 0 Å². The van der Waals surface area contributed by atoms with Gasteiger partial charge in [0, 0.05) is 12.0 Å². The molecule has 0 aromatic heterocycles. The molecule has 1 atom stereocenters. The number of alkyl halides is 1. The molecule has 0 aliphatic carbocycles. The molecule has 0 spiro atoms. The highest BCUT2D eigenvalue weighted by Crippen LogP contribution is 2.14. The normalized spacial score (nSPS) is 13.2. The van der Waals surface area contributed by atoms with E-state index in [2.05, 4.69) is 6.92 Å². The molecule has 0 aliphatic heterocycles. The van der Waals surface area contributed by atoms with Crippen LogP contribution in [0.4, 0.5) is 0 Å². The number of unbranched alkanes of at least 4 members (excludes halogenated alkanes) is 3. The van der Waals surface area contributed by atoms with Gasteiger partial charge in [0.05, 0.1) is 0 Å². The van der Waals surface area contributed by atoms with E-state index in [1.165, 1.54) is 19.3 Å². The van der Waals surface area contributed by atoms with E-state index in [0.29, 0.717) is 12.0 Å². The molecule has 12 heavy (non-hydrogen) atoms. The monoisotopic (exact) mass is 192 g/mol. The fourth-order valence-electron chi connectivity index (χ4n) is 1.22. The first-order valence-corrected chi connectivity index (χ1v) is 5.49. The Morgan fingerprint density at radius 3 is 2.33 bits per heavy atom. The molecular formula is C10H21ClO. The molecule has 0 aliphatic rings. The van der Waals surface area contributed by atoms with E-state index in [9.17, 15) is 0 Å². The maximum absolute atomic E-state index is 8.54. The molecule has 0 saturated carbocycles. The first-order valence-electron chi connectivity index (χ1n) is 5.06. The average molecular weight is 193 g/mol. The van der Waals surface area contributed by atoms with Gasteiger partial charge in [0.1, 0.15) is 0 Å². The summed E-state index contributed by atoms with van der Waals surface area (Å²) in [6, 6.07) is 0. The van der Waals surface area contributed by atoms with Crippen LogP contribution in [0.1, 0.15) is 51.9 Å². The molecular weight excluding hydrogens is 172 g/mol. The molecule has 0 fully saturated rings. The minimum atomic E-state index is 0.321. The van der Waals surface area contributed by atoms with E-state index in [1.54, 1.807) is 0 Å². The molecule has 0 amide bonds. The standard InChI is InChI=1S/C10H21ClO/c1-2-3-7-10(11)8-5-4-6-9-12/h10,12H,2-9H2,1H3/t10-/m1/s1. The fourth-order valence-corrected chi connectivity index (χ4v) is 1.53. The highest BCUT2D eigenvalue weighted by Gasteiger charge is 2.02. The van der Waals surface area contributed by atoms with Crippen molar-refractivity contribution in [1.82, 2.24) is 0 Å². The Balaban J connectivity index is 3.02. The third kappa shape index (κ3) is 8.35. The third-order valence-electron chi connectivity index (χ3n) is 2.05. The molecule has 1 nitrogen and oxygen atoms in total. The summed E-state index contributed by atoms with van der Waals surface area (Å²) in [5, 5.41) is 8.90. The zero-order chi connectivity index (χ0) is 9.23. The van der Waals surface area contributed by atoms with E-state index < -0.39 is 0 Å². The lowest BCUT2D eigenvalue weighted by molar-refractivity contribution is 0.282. The summed E-state index contributed by atoms with van der Waals surface area (Å²) in [5.41, 5.74) is 0. The van der Waals surface area contributed by atoms with Gasteiger partial charge in [-0.25, -0.2) is 0 Å². The predicted molar refractivity (Wildman–Crippen MR) is 54.7 cm³/mol.